The van der Waals surface area contributed by atoms with Crippen molar-refractivity contribution in [1.82, 2.24) is 5.32 Å². The van der Waals surface area contributed by atoms with Gasteiger partial charge in [0.05, 0.1) is 11.1 Å². The molecule has 0 bridgehead atoms. The van der Waals surface area contributed by atoms with Crippen molar-refractivity contribution in [2.45, 2.75) is 69.4 Å². The molecule has 2 spiro atoms. The number of amides is 1. The zero-order chi connectivity index (χ0) is 17.8. The van der Waals surface area contributed by atoms with E-state index in [1.807, 2.05) is 26.0 Å². The highest BCUT2D eigenvalue weighted by molar-refractivity contribution is 9.10. The lowest BCUT2D eigenvalue weighted by atomic mass is 9.70. The van der Waals surface area contributed by atoms with Crippen molar-refractivity contribution in [3.8, 4) is 0 Å². The van der Waals surface area contributed by atoms with Crippen molar-refractivity contribution in [3.63, 3.8) is 0 Å². The number of nitrogens with one attached hydrogen (secondary N) is 1. The van der Waals surface area contributed by atoms with Crippen LogP contribution in [0, 0.1) is 13.8 Å². The van der Waals surface area contributed by atoms with Gasteiger partial charge in [-0.15, -0.1) is 0 Å². The molecular weight excluding hydrogens is 382 g/mol. The van der Waals surface area contributed by atoms with E-state index in [2.05, 4.69) is 21.2 Å². The number of hydrogen-bond donors (Lipinski definition) is 1. The van der Waals surface area contributed by atoms with Crippen LogP contribution in [0.3, 0.4) is 0 Å². The summed E-state index contributed by atoms with van der Waals surface area (Å²) in [6.07, 6.45) is 5.31. The first-order chi connectivity index (χ1) is 11.9. The lowest BCUT2D eigenvalue weighted by Crippen LogP contribution is -2.52. The molecule has 4 nitrogen and oxygen atoms in total. The first-order valence-corrected chi connectivity index (χ1v) is 9.92. The Bertz CT molecular complexity index is 718. The van der Waals surface area contributed by atoms with Gasteiger partial charge in [-0.25, -0.2) is 0 Å². The van der Waals surface area contributed by atoms with Crippen LogP contribution in [0.4, 0.5) is 0 Å². The highest BCUT2D eigenvalue weighted by Gasteiger charge is 2.57. The summed E-state index contributed by atoms with van der Waals surface area (Å²) >= 11 is 3.49. The normalized spacial score (nSPS) is 34.9. The third-order valence-electron chi connectivity index (χ3n) is 6.41. The molecule has 2 heterocycles. The van der Waals surface area contributed by atoms with E-state index in [4.69, 9.17) is 4.74 Å². The predicted molar refractivity (Wildman–Crippen MR) is 98.6 cm³/mol. The zero-order valence-corrected chi connectivity index (χ0v) is 16.4. The van der Waals surface area contributed by atoms with Gasteiger partial charge in [-0.1, -0.05) is 15.9 Å². The monoisotopic (exact) mass is 405 g/mol. The molecular formula is C20H24BrNO3. The summed E-state index contributed by atoms with van der Waals surface area (Å²) in [6, 6.07) is 3.96. The van der Waals surface area contributed by atoms with E-state index >= 15 is 0 Å². The summed E-state index contributed by atoms with van der Waals surface area (Å²) in [5.41, 5.74) is 2.12. The summed E-state index contributed by atoms with van der Waals surface area (Å²) in [5.74, 6) is -0.757. The minimum absolute atomic E-state index is 0.0439. The zero-order valence-electron chi connectivity index (χ0n) is 14.8. The Hall–Kier alpha value is -1.20. The molecule has 3 fully saturated rings. The number of ketones is 1. The Balaban J connectivity index is 1.63. The molecule has 0 aromatic heterocycles. The van der Waals surface area contributed by atoms with Gasteiger partial charge in [0.25, 0.3) is 0 Å². The average Bonchev–Trinajstić information content (AvgIpc) is 3.09. The molecule has 0 radical (unpaired) electrons. The van der Waals surface area contributed by atoms with E-state index in [9.17, 15) is 9.59 Å². The molecule has 1 saturated carbocycles. The Kier molecular flexibility index (Phi) is 4.08. The number of aryl methyl sites for hydroxylation is 2. The van der Waals surface area contributed by atoms with Gasteiger partial charge >= 0.3 is 0 Å². The minimum atomic E-state index is -0.690. The van der Waals surface area contributed by atoms with E-state index in [1.165, 1.54) is 0 Å². The molecule has 1 aromatic rings. The van der Waals surface area contributed by atoms with Gasteiger partial charge in [0.1, 0.15) is 5.92 Å². The van der Waals surface area contributed by atoms with Crippen molar-refractivity contribution in [3.05, 3.63) is 33.3 Å². The number of halogens is 1. The number of carbonyl (C=O) groups excluding carboxylic acids is 2. The van der Waals surface area contributed by atoms with Crippen molar-refractivity contribution in [2.75, 3.05) is 6.61 Å². The van der Waals surface area contributed by atoms with Gasteiger partial charge in [-0.05, 0) is 81.2 Å². The highest BCUT2D eigenvalue weighted by atomic mass is 79.9. The molecule has 1 atom stereocenters. The number of benzene rings is 1. The fourth-order valence-electron chi connectivity index (χ4n) is 5.06. The second-order valence-corrected chi connectivity index (χ2v) is 8.87. The number of rotatable bonds is 1. The van der Waals surface area contributed by atoms with E-state index in [1.54, 1.807) is 0 Å². The first kappa shape index (κ1) is 17.2. The summed E-state index contributed by atoms with van der Waals surface area (Å²) in [4.78, 5) is 26.1. The minimum Gasteiger partial charge on any atom is -0.375 e. The number of ether oxygens (including phenoxy) is 1. The van der Waals surface area contributed by atoms with Crippen LogP contribution in [-0.2, 0) is 14.3 Å². The van der Waals surface area contributed by atoms with E-state index in [0.29, 0.717) is 12.8 Å². The van der Waals surface area contributed by atoms with Gasteiger partial charge in [0.15, 0.2) is 5.78 Å². The molecule has 25 heavy (non-hydrogen) atoms. The predicted octanol–water partition coefficient (Wildman–Crippen LogP) is 3.71. The third kappa shape index (κ3) is 2.67. The molecule has 3 aliphatic rings. The SMILES string of the molecule is Cc1cc(Br)cc(C)c1C1C(=O)NC2(CCC3(CCCO3)CC2)C1=O. The van der Waals surface area contributed by atoms with Gasteiger partial charge in [-0.3, -0.25) is 9.59 Å². The maximum atomic E-state index is 13.4. The standard InChI is InChI=1S/C20H24BrNO3/c1-12-10-14(21)11-13(2)15(12)16-17(23)20(22-18(16)24)7-5-19(6-8-20)4-3-9-25-19/h10-11,16H,3-9H2,1-2H3,(H,22,24). The van der Waals surface area contributed by atoms with Crippen LogP contribution in [0.25, 0.3) is 0 Å². The molecule has 4 rings (SSSR count). The molecule has 5 heteroatoms. The maximum absolute atomic E-state index is 13.4. The average molecular weight is 406 g/mol. The molecule has 1 unspecified atom stereocenters. The van der Waals surface area contributed by atoms with Crippen LogP contribution in [-0.4, -0.2) is 29.4 Å². The molecule has 2 aliphatic heterocycles. The van der Waals surface area contributed by atoms with Crippen LogP contribution in [0.5, 0.6) is 0 Å². The number of Topliss-reactive ketones (excluding diaryl/α,β-unsaturated/α-hetero) is 1. The van der Waals surface area contributed by atoms with Crippen LogP contribution >= 0.6 is 15.9 Å². The summed E-state index contributed by atoms with van der Waals surface area (Å²) in [7, 11) is 0. The quantitative estimate of drug-likeness (QED) is 0.724. The molecule has 1 N–H and O–H groups in total. The van der Waals surface area contributed by atoms with Crippen LogP contribution in [0.2, 0.25) is 0 Å². The Morgan fingerprint density at radius 3 is 2.28 bits per heavy atom. The van der Waals surface area contributed by atoms with E-state index in [0.717, 1.165) is 53.5 Å². The molecule has 1 amide bonds. The van der Waals surface area contributed by atoms with Gasteiger partial charge in [0, 0.05) is 11.1 Å². The van der Waals surface area contributed by atoms with Crippen molar-refractivity contribution in [2.24, 2.45) is 0 Å². The van der Waals surface area contributed by atoms with Crippen LogP contribution in [0.15, 0.2) is 16.6 Å². The van der Waals surface area contributed by atoms with E-state index < -0.39 is 11.5 Å². The van der Waals surface area contributed by atoms with Crippen molar-refractivity contribution in [1.29, 1.82) is 0 Å². The second kappa shape index (κ2) is 5.92. The highest BCUT2D eigenvalue weighted by Crippen LogP contribution is 2.47. The largest absolute Gasteiger partial charge is 0.375 e. The third-order valence-corrected chi connectivity index (χ3v) is 6.86. The second-order valence-electron chi connectivity index (χ2n) is 7.96. The van der Waals surface area contributed by atoms with E-state index in [-0.39, 0.29) is 17.3 Å². The fraction of sp³-hybridized carbons (Fsp3) is 0.600. The summed E-state index contributed by atoms with van der Waals surface area (Å²) < 4.78 is 6.96. The van der Waals surface area contributed by atoms with Crippen molar-refractivity contribution >= 4 is 27.6 Å². The summed E-state index contributed by atoms with van der Waals surface area (Å²) in [6.45, 7) is 4.77. The fourth-order valence-corrected chi connectivity index (χ4v) is 5.74. The van der Waals surface area contributed by atoms with Crippen LogP contribution < -0.4 is 5.32 Å². The lowest BCUT2D eigenvalue weighted by molar-refractivity contribution is -0.127. The van der Waals surface area contributed by atoms with Gasteiger partial charge in [0.2, 0.25) is 5.91 Å². The molecule has 1 aliphatic carbocycles. The number of carbonyl (C=O) groups is 2. The molecule has 2 saturated heterocycles. The topological polar surface area (TPSA) is 55.4 Å². The number of hydrogen-bond acceptors (Lipinski definition) is 3. The smallest absolute Gasteiger partial charge is 0.235 e. The molecule has 1 aromatic carbocycles. The molecule has 134 valence electrons. The van der Waals surface area contributed by atoms with Gasteiger partial charge < -0.3 is 10.1 Å². The first-order valence-electron chi connectivity index (χ1n) is 9.13. The van der Waals surface area contributed by atoms with Crippen LogP contribution in [0.1, 0.15) is 61.1 Å². The lowest BCUT2D eigenvalue weighted by Gasteiger charge is -2.41. The van der Waals surface area contributed by atoms with Crippen molar-refractivity contribution < 1.29 is 14.3 Å². The Morgan fingerprint density at radius 2 is 1.72 bits per heavy atom. The summed E-state index contributed by atoms with van der Waals surface area (Å²) in [5, 5.41) is 3.09. The Labute approximate surface area is 156 Å². The van der Waals surface area contributed by atoms with Gasteiger partial charge in [-0.2, -0.15) is 0 Å². The Morgan fingerprint density at radius 1 is 1.08 bits per heavy atom. The maximum Gasteiger partial charge on any atom is 0.235 e.